The highest BCUT2D eigenvalue weighted by Gasteiger charge is 2.31. The maximum atomic E-state index is 12.5. The third-order valence-corrected chi connectivity index (χ3v) is 6.79. The van der Waals surface area contributed by atoms with Gasteiger partial charge >= 0.3 is 0 Å². The number of sulfonamides is 1. The highest BCUT2D eigenvalue weighted by Crippen LogP contribution is 2.31. The molecule has 0 heterocycles. The largest absolute Gasteiger partial charge is 0.242 e. The van der Waals surface area contributed by atoms with Crippen molar-refractivity contribution in [2.75, 3.05) is 5.75 Å². The number of hydrogen-bond donors (Lipinski definition) is 1. The number of benzene rings is 1. The lowest BCUT2D eigenvalue weighted by Gasteiger charge is -2.20. The predicted molar refractivity (Wildman–Crippen MR) is 86.0 cm³/mol. The molecule has 4 nitrogen and oxygen atoms in total. The third-order valence-electron chi connectivity index (χ3n) is 3.49. The molecule has 1 aromatic carbocycles. The van der Waals surface area contributed by atoms with Crippen molar-refractivity contribution in [2.24, 2.45) is 0 Å². The van der Waals surface area contributed by atoms with Gasteiger partial charge in [0.2, 0.25) is 10.0 Å². The van der Waals surface area contributed by atoms with Crippen LogP contribution in [-0.4, -0.2) is 25.5 Å². The second kappa shape index (κ2) is 7.01. The van der Waals surface area contributed by atoms with Gasteiger partial charge in [0.1, 0.15) is 4.90 Å². The van der Waals surface area contributed by atoms with E-state index in [1.165, 1.54) is 18.2 Å². The molecule has 1 N–H and O–H groups in total. The monoisotopic (exact) mass is 344 g/mol. The van der Waals surface area contributed by atoms with Crippen LogP contribution >= 0.6 is 23.4 Å². The van der Waals surface area contributed by atoms with Gasteiger partial charge in [-0.15, -0.1) is 0 Å². The first-order valence-electron chi connectivity index (χ1n) is 6.81. The molecule has 1 aromatic rings. The van der Waals surface area contributed by atoms with E-state index in [9.17, 15) is 8.42 Å². The van der Waals surface area contributed by atoms with Crippen LogP contribution in [-0.2, 0) is 10.0 Å². The number of hydrogen-bond acceptors (Lipinski definition) is 4. The Bertz CT molecular complexity index is 655. The smallest absolute Gasteiger partial charge is 0.207 e. The first-order chi connectivity index (χ1) is 9.97. The zero-order valence-electron chi connectivity index (χ0n) is 11.7. The van der Waals surface area contributed by atoms with Gasteiger partial charge in [-0.3, -0.25) is 0 Å². The third kappa shape index (κ3) is 3.92. The van der Waals surface area contributed by atoms with Crippen molar-refractivity contribution in [1.29, 1.82) is 5.26 Å². The molecule has 2 atom stereocenters. The van der Waals surface area contributed by atoms with Gasteiger partial charge in [0, 0.05) is 11.3 Å². The zero-order valence-corrected chi connectivity index (χ0v) is 14.1. The molecule has 1 saturated carbocycles. The summed E-state index contributed by atoms with van der Waals surface area (Å²) in [5, 5.41) is 9.21. The van der Waals surface area contributed by atoms with Crippen molar-refractivity contribution in [3.05, 3.63) is 28.8 Å². The number of halogens is 1. The number of thioether (sulfide) groups is 1. The summed E-state index contributed by atoms with van der Waals surface area (Å²) < 4.78 is 27.7. The van der Waals surface area contributed by atoms with Crippen LogP contribution < -0.4 is 4.72 Å². The summed E-state index contributed by atoms with van der Waals surface area (Å²) in [5.74, 6) is 0.973. The van der Waals surface area contributed by atoms with Gasteiger partial charge in [-0.05, 0) is 36.8 Å². The van der Waals surface area contributed by atoms with Gasteiger partial charge < -0.3 is 0 Å². The molecular weight excluding hydrogens is 328 g/mol. The Hall–Kier alpha value is -0.740. The van der Waals surface area contributed by atoms with Crippen molar-refractivity contribution in [1.82, 2.24) is 4.72 Å². The average molecular weight is 345 g/mol. The van der Waals surface area contributed by atoms with Gasteiger partial charge in [0.25, 0.3) is 0 Å². The molecule has 0 aromatic heterocycles. The van der Waals surface area contributed by atoms with E-state index in [0.29, 0.717) is 10.8 Å². The number of nitriles is 1. The maximum Gasteiger partial charge on any atom is 0.242 e. The van der Waals surface area contributed by atoms with Crippen LogP contribution in [0.2, 0.25) is 5.02 Å². The minimum Gasteiger partial charge on any atom is -0.207 e. The normalized spacial score (nSPS) is 22.1. The fourth-order valence-electron chi connectivity index (χ4n) is 2.53. The van der Waals surface area contributed by atoms with Crippen molar-refractivity contribution in [3.63, 3.8) is 0 Å². The van der Waals surface area contributed by atoms with E-state index < -0.39 is 10.0 Å². The van der Waals surface area contributed by atoms with Gasteiger partial charge in [0.05, 0.1) is 16.7 Å². The summed E-state index contributed by atoms with van der Waals surface area (Å²) in [4.78, 5) is 0.0373. The van der Waals surface area contributed by atoms with Crippen LogP contribution in [0.3, 0.4) is 0 Å². The fourth-order valence-corrected chi connectivity index (χ4v) is 5.67. The van der Waals surface area contributed by atoms with Crippen molar-refractivity contribution in [3.8, 4) is 6.07 Å². The van der Waals surface area contributed by atoms with Crippen LogP contribution in [0.15, 0.2) is 23.1 Å². The van der Waals surface area contributed by atoms with Crippen LogP contribution in [0.4, 0.5) is 0 Å². The van der Waals surface area contributed by atoms with Gasteiger partial charge in [-0.2, -0.15) is 17.0 Å². The molecular formula is C14H17ClN2O2S2. The van der Waals surface area contributed by atoms with E-state index in [2.05, 4.69) is 11.6 Å². The number of nitrogens with zero attached hydrogens (tertiary/aromatic N) is 1. The summed E-state index contributed by atoms with van der Waals surface area (Å²) in [6.07, 6.45) is 2.92. The SMILES string of the molecule is CCSC1CCCC1NS(=O)(=O)c1ccc(C#N)cc1Cl. The molecule has 1 aliphatic carbocycles. The Morgan fingerprint density at radius 3 is 2.86 bits per heavy atom. The Labute approximate surface area is 134 Å². The van der Waals surface area contributed by atoms with Crippen LogP contribution in [0.25, 0.3) is 0 Å². The summed E-state index contributed by atoms with van der Waals surface area (Å²) in [5.41, 5.74) is 0.347. The fraction of sp³-hybridized carbons (Fsp3) is 0.500. The zero-order chi connectivity index (χ0) is 15.5. The summed E-state index contributed by atoms with van der Waals surface area (Å²) in [6.45, 7) is 2.08. The molecule has 0 aliphatic heterocycles. The van der Waals surface area contributed by atoms with E-state index in [1.54, 1.807) is 11.8 Å². The summed E-state index contributed by atoms with van der Waals surface area (Å²) in [7, 11) is -3.66. The molecule has 1 fully saturated rings. The molecule has 114 valence electrons. The molecule has 0 radical (unpaired) electrons. The molecule has 2 rings (SSSR count). The first-order valence-corrected chi connectivity index (χ1v) is 9.72. The number of rotatable bonds is 5. The standard InChI is InChI=1S/C14H17ClN2O2S2/c1-2-20-13-5-3-4-12(13)17-21(18,19)14-7-6-10(9-16)8-11(14)15/h6-8,12-13,17H,2-5H2,1H3. The highest BCUT2D eigenvalue weighted by molar-refractivity contribution is 8.00. The average Bonchev–Trinajstić information content (AvgIpc) is 2.85. The minimum atomic E-state index is -3.66. The van der Waals surface area contributed by atoms with Gasteiger partial charge in [0.15, 0.2) is 0 Å². The minimum absolute atomic E-state index is 0.0373. The van der Waals surface area contributed by atoms with E-state index in [0.717, 1.165) is 25.0 Å². The molecule has 7 heteroatoms. The van der Waals surface area contributed by atoms with Gasteiger partial charge in [-0.25, -0.2) is 13.1 Å². The molecule has 0 spiro atoms. The topological polar surface area (TPSA) is 70.0 Å². The highest BCUT2D eigenvalue weighted by atomic mass is 35.5. The molecule has 0 bridgehead atoms. The number of nitrogens with one attached hydrogen (secondary N) is 1. The van der Waals surface area contributed by atoms with Gasteiger partial charge in [-0.1, -0.05) is 24.9 Å². The summed E-state index contributed by atoms with van der Waals surface area (Å²) >= 11 is 7.79. The van der Waals surface area contributed by atoms with Crippen molar-refractivity contribution < 1.29 is 8.42 Å². The van der Waals surface area contributed by atoms with E-state index in [-0.39, 0.29) is 16.0 Å². The Morgan fingerprint density at radius 1 is 1.48 bits per heavy atom. The van der Waals surface area contributed by atoms with Crippen LogP contribution in [0.5, 0.6) is 0 Å². The van der Waals surface area contributed by atoms with Crippen LogP contribution in [0.1, 0.15) is 31.7 Å². The maximum absolute atomic E-state index is 12.5. The predicted octanol–water partition coefficient (Wildman–Crippen LogP) is 3.16. The first kappa shape index (κ1) is 16.6. The summed E-state index contributed by atoms with van der Waals surface area (Å²) in [6, 6.07) is 6.12. The Balaban J connectivity index is 2.21. The lowest BCUT2D eigenvalue weighted by molar-refractivity contribution is 0.555. The lowest BCUT2D eigenvalue weighted by Crippen LogP contribution is -2.38. The van der Waals surface area contributed by atoms with Crippen molar-refractivity contribution >= 4 is 33.4 Å². The van der Waals surface area contributed by atoms with Crippen LogP contribution in [0, 0.1) is 11.3 Å². The Morgan fingerprint density at radius 2 is 2.24 bits per heavy atom. The second-order valence-corrected chi connectivity index (χ2v) is 8.52. The quantitative estimate of drug-likeness (QED) is 0.890. The second-order valence-electron chi connectivity index (χ2n) is 4.91. The van der Waals surface area contributed by atoms with Crippen molar-refractivity contribution in [2.45, 2.75) is 42.4 Å². The molecule has 0 amide bonds. The Kier molecular flexibility index (Phi) is 5.55. The molecule has 1 aliphatic rings. The van der Waals surface area contributed by atoms with E-state index in [4.69, 9.17) is 16.9 Å². The lowest BCUT2D eigenvalue weighted by atomic mass is 10.2. The van der Waals surface area contributed by atoms with E-state index >= 15 is 0 Å². The molecule has 2 unspecified atom stereocenters. The molecule has 0 saturated heterocycles. The molecule has 21 heavy (non-hydrogen) atoms. The van der Waals surface area contributed by atoms with E-state index in [1.807, 2.05) is 6.07 Å².